The number of carboxylic acids is 1. The summed E-state index contributed by atoms with van der Waals surface area (Å²) in [5, 5.41) is 13.3. The van der Waals surface area contributed by atoms with E-state index in [0.29, 0.717) is 36.7 Å². The van der Waals surface area contributed by atoms with Crippen molar-refractivity contribution in [3.8, 4) is 11.5 Å². The molecule has 0 amide bonds. The number of carbonyl (C=O) groups excluding carboxylic acids is 1. The van der Waals surface area contributed by atoms with E-state index in [9.17, 15) is 14.7 Å². The quantitative estimate of drug-likeness (QED) is 0.210. The number of Topliss-reactive ketones (excluding diaryl/α,β-unsaturated/α-hetero) is 1. The smallest absolute Gasteiger partial charge is 0.323 e. The van der Waals surface area contributed by atoms with Crippen LogP contribution < -0.4 is 9.47 Å². The molecule has 35 heavy (non-hydrogen) atoms. The Kier molecular flexibility index (Phi) is 6.10. The van der Waals surface area contributed by atoms with Gasteiger partial charge in [0.2, 0.25) is 0 Å². The van der Waals surface area contributed by atoms with Crippen LogP contribution in [0.25, 0.3) is 32.6 Å². The number of para-hydroxylation sites is 1. The first-order valence-corrected chi connectivity index (χ1v) is 11.5. The summed E-state index contributed by atoms with van der Waals surface area (Å²) in [4.78, 5) is 23.7. The first-order chi connectivity index (χ1) is 17.0. The van der Waals surface area contributed by atoms with Crippen LogP contribution in [0.2, 0.25) is 0 Å². The van der Waals surface area contributed by atoms with Crippen molar-refractivity contribution < 1.29 is 24.2 Å². The summed E-state index contributed by atoms with van der Waals surface area (Å²) in [6, 6.07) is 25.1. The van der Waals surface area contributed by atoms with Crippen LogP contribution in [-0.2, 0) is 11.3 Å². The Bertz CT molecular complexity index is 1570. The highest BCUT2D eigenvalue weighted by molar-refractivity contribution is 6.10. The minimum atomic E-state index is -0.894. The van der Waals surface area contributed by atoms with Gasteiger partial charge in [0.05, 0.1) is 24.3 Å². The summed E-state index contributed by atoms with van der Waals surface area (Å²) < 4.78 is 13.7. The fourth-order valence-corrected chi connectivity index (χ4v) is 4.59. The number of rotatable bonds is 9. The van der Waals surface area contributed by atoms with Crippen molar-refractivity contribution in [2.45, 2.75) is 19.9 Å². The fourth-order valence-electron chi connectivity index (χ4n) is 4.59. The number of aromatic nitrogens is 1. The van der Waals surface area contributed by atoms with Crippen LogP contribution in [0, 0.1) is 0 Å². The molecule has 0 unspecified atom stereocenters. The van der Waals surface area contributed by atoms with E-state index in [0.717, 1.165) is 32.6 Å². The number of ether oxygens (including phenoxy) is 2. The third kappa shape index (κ3) is 4.43. The van der Waals surface area contributed by atoms with E-state index in [1.54, 1.807) is 11.5 Å². The largest absolute Gasteiger partial charge is 0.493 e. The van der Waals surface area contributed by atoms with Crippen molar-refractivity contribution in [1.29, 1.82) is 0 Å². The van der Waals surface area contributed by atoms with Gasteiger partial charge in [0.15, 0.2) is 5.78 Å². The highest BCUT2D eigenvalue weighted by Gasteiger charge is 2.14. The Hall–Kier alpha value is -4.32. The van der Waals surface area contributed by atoms with Crippen molar-refractivity contribution in [2.24, 2.45) is 0 Å². The molecule has 6 nitrogen and oxygen atoms in total. The number of carboxylic acid groups (broad SMARTS) is 1. The summed E-state index contributed by atoms with van der Waals surface area (Å²) in [5.74, 6) is 0.325. The van der Waals surface area contributed by atoms with Crippen molar-refractivity contribution in [3.05, 3.63) is 84.4 Å². The zero-order chi connectivity index (χ0) is 24.4. The molecule has 1 heterocycles. The zero-order valence-electron chi connectivity index (χ0n) is 19.4. The van der Waals surface area contributed by atoms with Gasteiger partial charge in [-0.1, -0.05) is 48.5 Å². The van der Waals surface area contributed by atoms with E-state index in [4.69, 9.17) is 9.47 Å². The molecule has 0 aliphatic heterocycles. The predicted molar refractivity (Wildman–Crippen MR) is 137 cm³/mol. The first kappa shape index (κ1) is 22.5. The average Bonchev–Trinajstić information content (AvgIpc) is 3.16. The lowest BCUT2D eigenvalue weighted by molar-refractivity contribution is -0.137. The second-order valence-corrected chi connectivity index (χ2v) is 8.44. The van der Waals surface area contributed by atoms with Crippen LogP contribution in [0.15, 0.2) is 78.9 Å². The molecule has 0 atom stereocenters. The number of fused-ring (bicyclic) bond motifs is 4. The monoisotopic (exact) mass is 467 g/mol. The topological polar surface area (TPSA) is 77.8 Å². The second-order valence-electron chi connectivity index (χ2n) is 8.44. The van der Waals surface area contributed by atoms with E-state index >= 15 is 0 Å². The van der Waals surface area contributed by atoms with Gasteiger partial charge in [-0.15, -0.1) is 0 Å². The fraction of sp³-hybridized carbons (Fsp3) is 0.172. The highest BCUT2D eigenvalue weighted by Crippen LogP contribution is 2.32. The van der Waals surface area contributed by atoms with E-state index in [1.807, 2.05) is 78.9 Å². The van der Waals surface area contributed by atoms with Gasteiger partial charge in [-0.25, -0.2) is 0 Å². The average molecular weight is 468 g/mol. The molecule has 1 aromatic heterocycles. The molecule has 0 saturated heterocycles. The Labute approximate surface area is 202 Å². The van der Waals surface area contributed by atoms with E-state index < -0.39 is 5.97 Å². The summed E-state index contributed by atoms with van der Waals surface area (Å²) in [5.41, 5.74) is 2.30. The van der Waals surface area contributed by atoms with Gasteiger partial charge in [0.1, 0.15) is 18.0 Å². The molecule has 4 aromatic carbocycles. The molecule has 1 N–H and O–H groups in total. The molecule has 0 aliphatic carbocycles. The molecule has 0 aliphatic rings. The number of nitrogens with zero attached hydrogens (tertiary/aromatic N) is 1. The number of hydrogen-bond donors (Lipinski definition) is 1. The third-order valence-corrected chi connectivity index (χ3v) is 6.10. The summed E-state index contributed by atoms with van der Waals surface area (Å²) in [6.07, 6.45) is 0.625. The van der Waals surface area contributed by atoms with E-state index in [2.05, 4.69) is 0 Å². The minimum Gasteiger partial charge on any atom is -0.493 e. The third-order valence-electron chi connectivity index (χ3n) is 6.10. The zero-order valence-corrected chi connectivity index (χ0v) is 19.4. The van der Waals surface area contributed by atoms with Gasteiger partial charge in [-0.2, -0.15) is 0 Å². The van der Waals surface area contributed by atoms with Crippen LogP contribution in [0.3, 0.4) is 0 Å². The predicted octanol–water partition coefficient (Wildman–Crippen LogP) is 6.08. The molecular formula is C29H25NO5. The summed E-state index contributed by atoms with van der Waals surface area (Å²) >= 11 is 0. The molecule has 5 rings (SSSR count). The molecule has 176 valence electrons. The van der Waals surface area contributed by atoms with Crippen molar-refractivity contribution in [2.75, 3.05) is 13.2 Å². The van der Waals surface area contributed by atoms with E-state index in [-0.39, 0.29) is 12.3 Å². The maximum absolute atomic E-state index is 12.3. The number of benzene rings is 4. The first-order valence-electron chi connectivity index (χ1n) is 11.5. The van der Waals surface area contributed by atoms with Crippen LogP contribution in [0.5, 0.6) is 11.5 Å². The molecule has 6 heteroatoms. The summed E-state index contributed by atoms with van der Waals surface area (Å²) in [7, 11) is 0. The maximum Gasteiger partial charge on any atom is 0.323 e. The lowest BCUT2D eigenvalue weighted by Gasteiger charge is -2.13. The summed E-state index contributed by atoms with van der Waals surface area (Å²) in [6.45, 7) is 2.26. The van der Waals surface area contributed by atoms with Gasteiger partial charge in [0.25, 0.3) is 0 Å². The lowest BCUT2D eigenvalue weighted by atomic mass is 10.0. The van der Waals surface area contributed by atoms with Crippen LogP contribution >= 0.6 is 0 Å². The SMILES string of the molecule is CC(=O)c1c(OCCCOc2ccc3c4ccccc4n(CC(=O)O)c3c2)ccc2ccccc12. The maximum atomic E-state index is 12.3. The normalized spacial score (nSPS) is 11.2. The highest BCUT2D eigenvalue weighted by atomic mass is 16.5. The number of hydrogen-bond acceptors (Lipinski definition) is 4. The number of ketones is 1. The van der Waals surface area contributed by atoms with Crippen LogP contribution in [0.4, 0.5) is 0 Å². The molecule has 0 bridgehead atoms. The van der Waals surface area contributed by atoms with Crippen molar-refractivity contribution in [3.63, 3.8) is 0 Å². The molecular weight excluding hydrogens is 442 g/mol. The van der Waals surface area contributed by atoms with Gasteiger partial charge in [-0.3, -0.25) is 9.59 Å². The molecule has 0 fully saturated rings. The standard InChI is InChI=1S/C29H25NO5/c1-19(31)29-22-8-3-2-7-20(22)11-14-27(29)35-16-6-15-34-21-12-13-24-23-9-4-5-10-25(23)30(18-28(32)33)26(24)17-21/h2-5,7-14,17H,6,15-16,18H2,1H3,(H,32,33). The van der Waals surface area contributed by atoms with Gasteiger partial charge >= 0.3 is 5.97 Å². The van der Waals surface area contributed by atoms with Gasteiger partial charge in [-0.05, 0) is 42.0 Å². The molecule has 0 radical (unpaired) electrons. The Balaban J connectivity index is 1.28. The Morgan fingerprint density at radius 1 is 0.800 bits per heavy atom. The minimum absolute atomic E-state index is 0.0295. The van der Waals surface area contributed by atoms with Crippen LogP contribution in [-0.4, -0.2) is 34.6 Å². The van der Waals surface area contributed by atoms with Crippen LogP contribution in [0.1, 0.15) is 23.7 Å². The van der Waals surface area contributed by atoms with Gasteiger partial charge < -0.3 is 19.1 Å². The number of aliphatic carboxylic acids is 1. The van der Waals surface area contributed by atoms with E-state index in [1.165, 1.54) is 0 Å². The molecule has 0 saturated carbocycles. The van der Waals surface area contributed by atoms with Gasteiger partial charge in [0, 0.05) is 28.8 Å². The number of carbonyl (C=O) groups is 2. The van der Waals surface area contributed by atoms with Crippen molar-refractivity contribution >= 4 is 44.3 Å². The molecule has 0 spiro atoms. The lowest BCUT2D eigenvalue weighted by Crippen LogP contribution is -2.09. The second kappa shape index (κ2) is 9.50. The Morgan fingerprint density at radius 2 is 1.51 bits per heavy atom. The molecule has 5 aromatic rings. The van der Waals surface area contributed by atoms with Crippen molar-refractivity contribution in [1.82, 2.24) is 4.57 Å². The Morgan fingerprint density at radius 3 is 2.31 bits per heavy atom.